The number of terminal acetylenes is 1. The number of hydrogen-bond acceptors (Lipinski definition) is 5. The number of quaternary nitrogens is 1. The first-order valence-electron chi connectivity index (χ1n) is 12.1. The molecule has 3 amide bonds. The van der Waals surface area contributed by atoms with E-state index in [4.69, 9.17) is 34.4 Å². The minimum absolute atomic E-state index is 0.0354. The van der Waals surface area contributed by atoms with Crippen LogP contribution in [0.5, 0.6) is 0 Å². The van der Waals surface area contributed by atoms with Crippen molar-refractivity contribution in [3.8, 4) is 12.3 Å². The van der Waals surface area contributed by atoms with E-state index in [2.05, 4.69) is 11.2 Å². The van der Waals surface area contributed by atoms with Gasteiger partial charge in [0.2, 0.25) is 0 Å². The van der Waals surface area contributed by atoms with Gasteiger partial charge in [-0.3, -0.25) is 4.90 Å². The largest absolute Gasteiger partial charge is 0.436 e. The molecule has 0 aromatic heterocycles. The topological polar surface area (TPSA) is 75.7 Å². The lowest BCUT2D eigenvalue weighted by molar-refractivity contribution is -0.790. The molecule has 2 heterocycles. The van der Waals surface area contributed by atoms with Crippen LogP contribution in [0.25, 0.3) is 0 Å². The first-order valence-corrected chi connectivity index (χ1v) is 12.8. The summed E-state index contributed by atoms with van der Waals surface area (Å²) in [6.45, 7) is 3.21. The Labute approximate surface area is 216 Å². The molecule has 0 bridgehead atoms. The van der Waals surface area contributed by atoms with Gasteiger partial charge in [-0.1, -0.05) is 35.2 Å². The minimum atomic E-state index is -1.37. The van der Waals surface area contributed by atoms with Crippen LogP contribution in [0.15, 0.2) is 18.2 Å². The average Bonchev–Trinajstić information content (AvgIpc) is 3.46. The van der Waals surface area contributed by atoms with Gasteiger partial charge in [-0.15, -0.1) is 6.42 Å². The standard InChI is InChI=1S/C26H32Cl2N3O4/c1-4-14-35-24(34)30(3)26(17-29-16-19(26)18-8-9-20(27)21(28)15-18)23(33)31(12-6-5-7-13-31)22(32)25(2)10-11-25/h1,8-9,15,19,29H,5-7,10-14,16-17H2,2-3H3/q+1/t19-,26+/m1/s1. The predicted molar refractivity (Wildman–Crippen MR) is 134 cm³/mol. The first-order chi connectivity index (χ1) is 16.6. The second kappa shape index (κ2) is 9.74. The summed E-state index contributed by atoms with van der Waals surface area (Å²) in [4.78, 5) is 43.4. The summed E-state index contributed by atoms with van der Waals surface area (Å²) >= 11 is 12.5. The molecule has 1 aromatic carbocycles. The SMILES string of the molecule is C#CCOC(=O)N(C)[C@@]1(C(=O)[N+]2(C(=O)C3(C)CC3)CCCCC2)CNC[C@@H]1c1ccc(Cl)c(Cl)c1. The third-order valence-electron chi connectivity index (χ3n) is 8.06. The van der Waals surface area contributed by atoms with Crippen LogP contribution in [0.3, 0.4) is 0 Å². The van der Waals surface area contributed by atoms with Crippen LogP contribution in [0.4, 0.5) is 4.79 Å². The summed E-state index contributed by atoms with van der Waals surface area (Å²) in [7, 11) is 1.55. The van der Waals surface area contributed by atoms with Gasteiger partial charge < -0.3 is 10.1 Å². The van der Waals surface area contributed by atoms with Crippen LogP contribution in [0.2, 0.25) is 10.0 Å². The maximum absolute atomic E-state index is 14.9. The van der Waals surface area contributed by atoms with E-state index in [0.29, 0.717) is 29.7 Å². The second-order valence-electron chi connectivity index (χ2n) is 10.2. The smallest absolute Gasteiger partial charge is 0.411 e. The molecule has 2 atom stereocenters. The normalized spacial score (nSPS) is 26.4. The van der Waals surface area contributed by atoms with Crippen LogP contribution >= 0.6 is 23.2 Å². The summed E-state index contributed by atoms with van der Waals surface area (Å²) in [5, 5.41) is 4.07. The van der Waals surface area contributed by atoms with Crippen molar-refractivity contribution in [3.05, 3.63) is 33.8 Å². The fourth-order valence-corrected chi connectivity index (χ4v) is 6.05. The lowest BCUT2D eigenvalue weighted by Crippen LogP contribution is -2.73. The molecule has 0 unspecified atom stereocenters. The number of amides is 3. The van der Waals surface area contributed by atoms with Gasteiger partial charge in [0.05, 0.1) is 28.5 Å². The molecule has 3 aliphatic rings. The van der Waals surface area contributed by atoms with Crippen molar-refractivity contribution in [2.24, 2.45) is 5.41 Å². The number of likely N-dealkylation sites (tertiary alicyclic amines) is 1. The van der Waals surface area contributed by atoms with Gasteiger partial charge in [0.25, 0.3) is 0 Å². The van der Waals surface area contributed by atoms with Crippen LogP contribution < -0.4 is 5.32 Å². The molecular weight excluding hydrogens is 489 g/mol. The van der Waals surface area contributed by atoms with E-state index in [-0.39, 0.29) is 29.4 Å². The van der Waals surface area contributed by atoms with E-state index < -0.39 is 23.0 Å². The van der Waals surface area contributed by atoms with Gasteiger partial charge in [0.15, 0.2) is 12.1 Å². The first kappa shape index (κ1) is 26.0. The van der Waals surface area contributed by atoms with E-state index in [0.717, 1.165) is 37.7 Å². The molecule has 0 spiro atoms. The summed E-state index contributed by atoms with van der Waals surface area (Å²) in [5.74, 6) is 1.53. The molecule has 188 valence electrons. The Morgan fingerprint density at radius 2 is 1.86 bits per heavy atom. The number of ether oxygens (including phenoxy) is 1. The predicted octanol–water partition coefficient (Wildman–Crippen LogP) is 3.97. The highest BCUT2D eigenvalue weighted by atomic mass is 35.5. The third-order valence-corrected chi connectivity index (χ3v) is 8.80. The maximum atomic E-state index is 14.9. The van der Waals surface area contributed by atoms with Gasteiger partial charge >= 0.3 is 17.9 Å². The number of halogens is 2. The number of benzene rings is 1. The van der Waals surface area contributed by atoms with E-state index in [1.807, 2.05) is 13.0 Å². The van der Waals surface area contributed by atoms with Crippen molar-refractivity contribution in [1.82, 2.24) is 10.2 Å². The quantitative estimate of drug-likeness (QED) is 0.361. The van der Waals surface area contributed by atoms with Crippen LogP contribution in [0, 0.1) is 17.8 Å². The number of hydrogen-bond donors (Lipinski definition) is 1. The lowest BCUT2D eigenvalue weighted by Gasteiger charge is -2.47. The average molecular weight is 521 g/mol. The number of imide groups is 1. The van der Waals surface area contributed by atoms with Gasteiger partial charge in [0.1, 0.15) is 0 Å². The van der Waals surface area contributed by atoms with E-state index >= 15 is 0 Å². The highest BCUT2D eigenvalue weighted by Crippen LogP contribution is 2.51. The highest BCUT2D eigenvalue weighted by Gasteiger charge is 2.67. The van der Waals surface area contributed by atoms with E-state index in [1.165, 1.54) is 4.90 Å². The highest BCUT2D eigenvalue weighted by molar-refractivity contribution is 6.42. The molecule has 1 saturated carbocycles. The zero-order valence-corrected chi connectivity index (χ0v) is 21.8. The Morgan fingerprint density at radius 1 is 1.17 bits per heavy atom. The fraction of sp³-hybridized carbons (Fsp3) is 0.577. The third kappa shape index (κ3) is 4.35. The van der Waals surface area contributed by atoms with Crippen molar-refractivity contribution < 1.29 is 23.6 Å². The van der Waals surface area contributed by atoms with Gasteiger partial charge in [-0.05, 0) is 56.7 Å². The molecule has 3 fully saturated rings. The molecule has 1 aliphatic carbocycles. The Kier molecular flexibility index (Phi) is 7.23. The summed E-state index contributed by atoms with van der Waals surface area (Å²) in [5.41, 5.74) is -1.11. The molecule has 9 heteroatoms. The van der Waals surface area contributed by atoms with Gasteiger partial charge in [-0.25, -0.2) is 14.4 Å². The summed E-state index contributed by atoms with van der Waals surface area (Å²) < 4.78 is 5.01. The molecule has 1 N–H and O–H groups in total. The molecule has 4 rings (SSSR count). The zero-order chi connectivity index (χ0) is 25.4. The van der Waals surface area contributed by atoms with E-state index in [1.54, 1.807) is 19.2 Å². The molecule has 0 radical (unpaired) electrons. The number of piperidine rings is 1. The monoisotopic (exact) mass is 520 g/mol. The van der Waals surface area contributed by atoms with Crippen LogP contribution in [-0.4, -0.2) is 72.7 Å². The second-order valence-corrected chi connectivity index (χ2v) is 11.1. The van der Waals surface area contributed by atoms with Crippen LogP contribution in [-0.2, 0) is 14.3 Å². The number of carbonyl (C=O) groups excluding carboxylic acids is 3. The fourth-order valence-electron chi connectivity index (χ4n) is 5.74. The van der Waals surface area contributed by atoms with Crippen molar-refractivity contribution in [2.45, 2.75) is 50.5 Å². The number of likely N-dealkylation sites (N-methyl/N-ethyl adjacent to an activating group) is 1. The number of nitrogens with zero attached hydrogens (tertiary/aromatic N) is 2. The Bertz CT molecular complexity index is 1070. The lowest BCUT2D eigenvalue weighted by atomic mass is 9.78. The molecule has 35 heavy (non-hydrogen) atoms. The van der Waals surface area contributed by atoms with Gasteiger partial charge in [-0.2, -0.15) is 4.48 Å². The minimum Gasteiger partial charge on any atom is -0.436 e. The number of carbonyl (C=O) groups is 3. The van der Waals surface area contributed by atoms with Crippen LogP contribution in [0.1, 0.15) is 50.5 Å². The Hall–Kier alpha value is -2.11. The molecule has 2 saturated heterocycles. The van der Waals surface area contributed by atoms with Crippen molar-refractivity contribution >= 4 is 41.1 Å². The number of nitrogens with one attached hydrogen (secondary N) is 1. The molecule has 1 aromatic rings. The number of rotatable bonds is 5. The van der Waals surface area contributed by atoms with Crippen molar-refractivity contribution in [3.63, 3.8) is 0 Å². The maximum Gasteiger partial charge on any atom is 0.411 e. The summed E-state index contributed by atoms with van der Waals surface area (Å²) in [6, 6.07) is 5.24. The molecular formula is C26H32Cl2N3O4+. The van der Waals surface area contributed by atoms with Gasteiger partial charge in [0, 0.05) is 26.1 Å². The Balaban J connectivity index is 1.85. The molecule has 7 nitrogen and oxygen atoms in total. The molecule has 2 aliphatic heterocycles. The van der Waals surface area contributed by atoms with Crippen molar-refractivity contribution in [1.29, 1.82) is 0 Å². The van der Waals surface area contributed by atoms with Crippen molar-refractivity contribution in [2.75, 3.05) is 39.8 Å². The zero-order valence-electron chi connectivity index (χ0n) is 20.2. The Morgan fingerprint density at radius 3 is 2.46 bits per heavy atom. The van der Waals surface area contributed by atoms with E-state index in [9.17, 15) is 14.4 Å². The summed E-state index contributed by atoms with van der Waals surface area (Å²) in [6.07, 6.45) is 8.68.